The smallest absolute Gasteiger partial charge is 0.240 e. The Labute approximate surface area is 116 Å². The number of nitrogens with two attached hydrogens (primary N) is 1. The summed E-state index contributed by atoms with van der Waals surface area (Å²) in [5.41, 5.74) is 7.35. The van der Waals surface area contributed by atoms with Crippen LogP contribution in [0, 0.1) is 0 Å². The summed E-state index contributed by atoms with van der Waals surface area (Å²) in [6.07, 6.45) is 3.72. The van der Waals surface area contributed by atoms with Crippen LogP contribution in [0.15, 0.2) is 23.1 Å². The highest BCUT2D eigenvalue weighted by molar-refractivity contribution is 7.89. The van der Waals surface area contributed by atoms with E-state index < -0.39 is 10.0 Å². The molecule has 19 heavy (non-hydrogen) atoms. The molecule has 0 saturated carbocycles. The van der Waals surface area contributed by atoms with Crippen LogP contribution < -0.4 is 10.5 Å². The van der Waals surface area contributed by atoms with Crippen molar-refractivity contribution < 1.29 is 8.42 Å². The Morgan fingerprint density at radius 1 is 1.32 bits per heavy atom. The summed E-state index contributed by atoms with van der Waals surface area (Å²) >= 11 is 0. The van der Waals surface area contributed by atoms with Gasteiger partial charge in [-0.15, -0.1) is 0 Å². The second-order valence-corrected chi connectivity index (χ2v) is 6.59. The summed E-state index contributed by atoms with van der Waals surface area (Å²) in [6.45, 7) is 5.97. The van der Waals surface area contributed by atoms with Crippen LogP contribution in [-0.2, 0) is 16.4 Å². The molecule has 108 valence electrons. The molecule has 0 saturated heterocycles. The third-order valence-electron chi connectivity index (χ3n) is 3.16. The van der Waals surface area contributed by atoms with Gasteiger partial charge in [0, 0.05) is 11.7 Å². The SMILES string of the molecule is CCCCC(C)NS(=O)(=O)c1ccc(CC)c(N)c1. The van der Waals surface area contributed by atoms with Crippen molar-refractivity contribution in [3.63, 3.8) is 0 Å². The molecule has 1 unspecified atom stereocenters. The zero-order valence-corrected chi connectivity index (χ0v) is 12.8. The van der Waals surface area contributed by atoms with Gasteiger partial charge in [-0.1, -0.05) is 32.8 Å². The lowest BCUT2D eigenvalue weighted by Crippen LogP contribution is -2.32. The topological polar surface area (TPSA) is 72.2 Å². The van der Waals surface area contributed by atoms with Crippen molar-refractivity contribution in [2.24, 2.45) is 0 Å². The van der Waals surface area contributed by atoms with Gasteiger partial charge in [0.2, 0.25) is 10.0 Å². The van der Waals surface area contributed by atoms with Crippen LogP contribution in [0.5, 0.6) is 0 Å². The molecule has 0 aliphatic rings. The molecule has 4 nitrogen and oxygen atoms in total. The van der Waals surface area contributed by atoms with E-state index in [-0.39, 0.29) is 10.9 Å². The molecule has 0 heterocycles. The monoisotopic (exact) mass is 284 g/mol. The number of nitrogen functional groups attached to an aromatic ring is 1. The van der Waals surface area contributed by atoms with E-state index in [0.29, 0.717) is 5.69 Å². The molecule has 0 aromatic heterocycles. The van der Waals surface area contributed by atoms with Crippen molar-refractivity contribution in [2.45, 2.75) is 57.4 Å². The summed E-state index contributed by atoms with van der Waals surface area (Å²) < 4.78 is 27.1. The predicted molar refractivity (Wildman–Crippen MR) is 79.5 cm³/mol. The Bertz CT molecular complexity index is 512. The van der Waals surface area contributed by atoms with Crippen LogP contribution in [-0.4, -0.2) is 14.5 Å². The van der Waals surface area contributed by atoms with Crippen molar-refractivity contribution in [2.75, 3.05) is 5.73 Å². The Morgan fingerprint density at radius 2 is 2.00 bits per heavy atom. The molecule has 0 fully saturated rings. The molecule has 1 atom stereocenters. The van der Waals surface area contributed by atoms with Gasteiger partial charge in [0.25, 0.3) is 0 Å². The molecule has 1 rings (SSSR count). The third kappa shape index (κ3) is 4.51. The van der Waals surface area contributed by atoms with Crippen molar-refractivity contribution >= 4 is 15.7 Å². The van der Waals surface area contributed by atoms with Crippen LogP contribution in [0.2, 0.25) is 0 Å². The zero-order valence-electron chi connectivity index (χ0n) is 11.9. The van der Waals surface area contributed by atoms with E-state index in [9.17, 15) is 8.42 Å². The molecular weight excluding hydrogens is 260 g/mol. The molecule has 3 N–H and O–H groups in total. The fourth-order valence-electron chi connectivity index (χ4n) is 1.96. The maximum Gasteiger partial charge on any atom is 0.240 e. The first-order valence-corrected chi connectivity index (χ1v) is 8.29. The second-order valence-electron chi connectivity index (χ2n) is 4.88. The number of hydrogen-bond donors (Lipinski definition) is 2. The number of nitrogens with one attached hydrogen (secondary N) is 1. The highest BCUT2D eigenvalue weighted by Crippen LogP contribution is 2.19. The lowest BCUT2D eigenvalue weighted by molar-refractivity contribution is 0.534. The fourth-order valence-corrected chi connectivity index (χ4v) is 3.28. The summed E-state index contributed by atoms with van der Waals surface area (Å²) in [5, 5.41) is 0. The molecule has 0 bridgehead atoms. The van der Waals surface area contributed by atoms with E-state index in [2.05, 4.69) is 11.6 Å². The van der Waals surface area contributed by atoms with Crippen molar-refractivity contribution in [3.8, 4) is 0 Å². The summed E-state index contributed by atoms with van der Waals surface area (Å²) in [4.78, 5) is 0.241. The minimum atomic E-state index is -3.47. The first-order chi connectivity index (χ1) is 8.90. The van der Waals surface area contributed by atoms with Crippen LogP contribution in [0.1, 0.15) is 45.6 Å². The number of benzene rings is 1. The van der Waals surface area contributed by atoms with Gasteiger partial charge < -0.3 is 5.73 Å². The van der Waals surface area contributed by atoms with Gasteiger partial charge in [0.1, 0.15) is 0 Å². The van der Waals surface area contributed by atoms with Gasteiger partial charge in [-0.25, -0.2) is 13.1 Å². The van der Waals surface area contributed by atoms with E-state index in [1.807, 2.05) is 13.8 Å². The summed E-state index contributed by atoms with van der Waals surface area (Å²) in [5.74, 6) is 0. The largest absolute Gasteiger partial charge is 0.398 e. The Hall–Kier alpha value is -1.07. The van der Waals surface area contributed by atoms with E-state index in [0.717, 1.165) is 31.2 Å². The number of aryl methyl sites for hydroxylation is 1. The zero-order chi connectivity index (χ0) is 14.5. The average molecular weight is 284 g/mol. The van der Waals surface area contributed by atoms with Crippen molar-refractivity contribution in [1.82, 2.24) is 4.72 Å². The molecule has 0 radical (unpaired) electrons. The van der Waals surface area contributed by atoms with Crippen LogP contribution >= 0.6 is 0 Å². The molecule has 0 aliphatic carbocycles. The predicted octanol–water partition coefficient (Wildman–Crippen LogP) is 2.69. The van der Waals surface area contributed by atoms with Crippen molar-refractivity contribution in [1.29, 1.82) is 0 Å². The van der Waals surface area contributed by atoms with Crippen LogP contribution in [0.3, 0.4) is 0 Å². The molecule has 5 heteroatoms. The fraction of sp³-hybridized carbons (Fsp3) is 0.571. The average Bonchev–Trinajstić information content (AvgIpc) is 2.35. The minimum absolute atomic E-state index is 0.0583. The first-order valence-electron chi connectivity index (χ1n) is 6.81. The number of rotatable bonds is 7. The maximum atomic E-state index is 12.2. The van der Waals surface area contributed by atoms with E-state index in [4.69, 9.17) is 5.73 Å². The molecule has 0 spiro atoms. The van der Waals surface area contributed by atoms with E-state index >= 15 is 0 Å². The Morgan fingerprint density at radius 3 is 2.53 bits per heavy atom. The van der Waals surface area contributed by atoms with Gasteiger partial charge in [0.05, 0.1) is 4.90 Å². The number of sulfonamides is 1. The summed E-state index contributed by atoms with van der Waals surface area (Å²) in [6, 6.07) is 4.87. The Balaban J connectivity index is 2.85. The molecular formula is C14H24N2O2S. The molecule has 1 aromatic rings. The van der Waals surface area contributed by atoms with Gasteiger partial charge in [0.15, 0.2) is 0 Å². The van der Waals surface area contributed by atoms with Gasteiger partial charge in [-0.05, 0) is 37.5 Å². The highest BCUT2D eigenvalue weighted by atomic mass is 32.2. The third-order valence-corrected chi connectivity index (χ3v) is 4.74. The number of anilines is 1. The number of unbranched alkanes of at least 4 members (excludes halogenated alkanes) is 1. The normalized spacial score (nSPS) is 13.4. The van der Waals surface area contributed by atoms with Gasteiger partial charge in [-0.2, -0.15) is 0 Å². The van der Waals surface area contributed by atoms with E-state index in [1.165, 1.54) is 6.07 Å². The quantitative estimate of drug-likeness (QED) is 0.756. The van der Waals surface area contributed by atoms with Crippen molar-refractivity contribution in [3.05, 3.63) is 23.8 Å². The van der Waals surface area contributed by atoms with Crippen LogP contribution in [0.4, 0.5) is 5.69 Å². The van der Waals surface area contributed by atoms with E-state index in [1.54, 1.807) is 12.1 Å². The molecule has 1 aromatic carbocycles. The lowest BCUT2D eigenvalue weighted by atomic mass is 10.1. The van der Waals surface area contributed by atoms with Crippen LogP contribution in [0.25, 0.3) is 0 Å². The standard InChI is InChI=1S/C14H24N2O2S/c1-4-6-7-11(3)16-19(17,18)13-9-8-12(5-2)14(15)10-13/h8-11,16H,4-7,15H2,1-3H3. The van der Waals surface area contributed by atoms with Gasteiger partial charge in [-0.3, -0.25) is 0 Å². The molecule has 0 amide bonds. The second kappa shape index (κ2) is 6.91. The minimum Gasteiger partial charge on any atom is -0.398 e. The molecule has 0 aliphatic heterocycles. The lowest BCUT2D eigenvalue weighted by Gasteiger charge is -2.14. The summed E-state index contributed by atoms with van der Waals surface area (Å²) in [7, 11) is -3.47. The maximum absolute atomic E-state index is 12.2. The van der Waals surface area contributed by atoms with Gasteiger partial charge >= 0.3 is 0 Å². The first kappa shape index (κ1) is 16.0. The Kier molecular flexibility index (Phi) is 5.82. The highest BCUT2D eigenvalue weighted by Gasteiger charge is 2.17. The number of hydrogen-bond acceptors (Lipinski definition) is 3.